The molecule has 7 nitrogen and oxygen atoms in total. The fourth-order valence-corrected chi connectivity index (χ4v) is 4.51. The van der Waals surface area contributed by atoms with Gasteiger partial charge in [-0.2, -0.15) is 4.98 Å². The smallest absolute Gasteiger partial charge is 0.323 e. The third kappa shape index (κ3) is 5.72. The Bertz CT molecular complexity index is 1430. The number of aryl methyl sites for hydroxylation is 3. The Balaban J connectivity index is 1.44. The lowest BCUT2D eigenvalue weighted by atomic mass is 9.97. The van der Waals surface area contributed by atoms with Crippen LogP contribution in [-0.2, 0) is 12.8 Å². The summed E-state index contributed by atoms with van der Waals surface area (Å²) in [6.07, 6.45) is 4.40. The third-order valence-electron chi connectivity index (χ3n) is 6.81. The number of aromatic nitrogens is 2. The second-order valence-electron chi connectivity index (χ2n) is 9.52. The Morgan fingerprint density at radius 1 is 0.946 bits per heavy atom. The van der Waals surface area contributed by atoms with E-state index in [4.69, 9.17) is 0 Å². The van der Waals surface area contributed by atoms with E-state index in [0.717, 1.165) is 64.5 Å². The van der Waals surface area contributed by atoms with Crippen LogP contribution in [0.2, 0.25) is 0 Å². The first kappa shape index (κ1) is 24.3. The molecular formula is C30H32N6O. The Labute approximate surface area is 217 Å². The molecule has 5 rings (SSSR count). The van der Waals surface area contributed by atoms with Gasteiger partial charge in [0.1, 0.15) is 5.82 Å². The summed E-state index contributed by atoms with van der Waals surface area (Å²) in [6.45, 7) is 6.30. The average molecular weight is 493 g/mol. The highest BCUT2D eigenvalue weighted by molar-refractivity contribution is 6.01. The minimum absolute atomic E-state index is 0.252. The monoisotopic (exact) mass is 492 g/mol. The number of anilines is 6. The van der Waals surface area contributed by atoms with Gasteiger partial charge >= 0.3 is 6.03 Å². The number of carbonyl (C=O) groups is 1. The zero-order valence-electron chi connectivity index (χ0n) is 21.4. The van der Waals surface area contributed by atoms with Gasteiger partial charge in [0.2, 0.25) is 5.95 Å². The second-order valence-corrected chi connectivity index (χ2v) is 9.52. The maximum Gasteiger partial charge on any atom is 0.323 e. The van der Waals surface area contributed by atoms with E-state index in [9.17, 15) is 4.79 Å². The highest BCUT2D eigenvalue weighted by atomic mass is 16.2. The summed E-state index contributed by atoms with van der Waals surface area (Å²) in [4.78, 5) is 22.2. The summed E-state index contributed by atoms with van der Waals surface area (Å²) in [5.74, 6) is 1.63. The van der Waals surface area contributed by atoms with Crippen molar-refractivity contribution in [1.82, 2.24) is 9.97 Å². The minimum Gasteiger partial charge on any atom is -0.340 e. The predicted molar refractivity (Wildman–Crippen MR) is 151 cm³/mol. The molecule has 6 bridgehead atoms. The first-order valence-electron chi connectivity index (χ1n) is 12.7. The van der Waals surface area contributed by atoms with E-state index < -0.39 is 0 Å². The molecule has 1 unspecified atom stereocenters. The molecule has 0 radical (unpaired) electrons. The average Bonchev–Trinajstić information content (AvgIpc) is 2.90. The number of hydrogen-bond donors (Lipinski definition) is 4. The number of fused-ring (bicyclic) bond motifs is 6. The van der Waals surface area contributed by atoms with Gasteiger partial charge in [-0.3, -0.25) is 0 Å². The van der Waals surface area contributed by atoms with Crippen molar-refractivity contribution in [1.29, 1.82) is 0 Å². The van der Waals surface area contributed by atoms with E-state index in [0.29, 0.717) is 11.9 Å². The van der Waals surface area contributed by atoms with E-state index >= 15 is 0 Å². The van der Waals surface area contributed by atoms with Gasteiger partial charge in [-0.25, -0.2) is 9.78 Å². The lowest BCUT2D eigenvalue weighted by molar-refractivity contribution is 0.262. The van der Waals surface area contributed by atoms with Crippen LogP contribution in [-0.4, -0.2) is 16.0 Å². The Morgan fingerprint density at radius 3 is 2.62 bits per heavy atom. The summed E-state index contributed by atoms with van der Waals surface area (Å²) in [5, 5.41) is 12.9. The van der Waals surface area contributed by atoms with E-state index in [-0.39, 0.29) is 6.03 Å². The number of hydrogen-bond acceptors (Lipinski definition) is 5. The molecule has 4 N–H and O–H groups in total. The number of amides is 2. The minimum atomic E-state index is -0.252. The molecule has 4 aromatic rings. The van der Waals surface area contributed by atoms with Crippen molar-refractivity contribution in [2.24, 2.45) is 0 Å². The van der Waals surface area contributed by atoms with Gasteiger partial charge in [-0.05, 0) is 85.2 Å². The number of urea groups is 1. The molecule has 2 heterocycles. The van der Waals surface area contributed by atoms with Gasteiger partial charge in [0.25, 0.3) is 0 Å². The van der Waals surface area contributed by atoms with Crippen LogP contribution in [0.25, 0.3) is 0 Å². The largest absolute Gasteiger partial charge is 0.340 e. The molecule has 1 atom stereocenters. The summed E-state index contributed by atoms with van der Waals surface area (Å²) in [5.41, 5.74) is 7.78. The van der Waals surface area contributed by atoms with Crippen molar-refractivity contribution in [3.05, 3.63) is 95.2 Å². The van der Waals surface area contributed by atoms with Crippen molar-refractivity contribution in [3.8, 4) is 0 Å². The molecule has 0 spiro atoms. The molecule has 3 aromatic carbocycles. The SMILES string of the molecule is CCC(C)c1ccccc1NC(=O)Nc1ccc2cc1CCc1cccc(c1)Nc1ncc(C)c(n1)N2. The normalized spacial score (nSPS) is 13.1. The second kappa shape index (κ2) is 10.7. The lowest BCUT2D eigenvalue weighted by Gasteiger charge is -2.18. The molecule has 0 saturated carbocycles. The summed E-state index contributed by atoms with van der Waals surface area (Å²) < 4.78 is 0. The van der Waals surface area contributed by atoms with Crippen LogP contribution in [0.1, 0.15) is 48.4 Å². The number of nitrogens with zero attached hydrogens (tertiary/aromatic N) is 2. The Morgan fingerprint density at radius 2 is 1.76 bits per heavy atom. The highest BCUT2D eigenvalue weighted by Crippen LogP contribution is 2.29. The zero-order chi connectivity index (χ0) is 25.8. The van der Waals surface area contributed by atoms with Crippen LogP contribution in [0.4, 0.5) is 39.3 Å². The summed E-state index contributed by atoms with van der Waals surface area (Å²) >= 11 is 0. The molecule has 188 valence electrons. The van der Waals surface area contributed by atoms with E-state index in [1.165, 1.54) is 5.56 Å². The third-order valence-corrected chi connectivity index (χ3v) is 6.81. The highest BCUT2D eigenvalue weighted by Gasteiger charge is 2.14. The van der Waals surface area contributed by atoms with Gasteiger partial charge in [0.05, 0.1) is 0 Å². The van der Waals surface area contributed by atoms with Crippen LogP contribution in [0.5, 0.6) is 0 Å². The van der Waals surface area contributed by atoms with Gasteiger partial charge in [0.15, 0.2) is 0 Å². The first-order chi connectivity index (χ1) is 18.0. The molecule has 37 heavy (non-hydrogen) atoms. The van der Waals surface area contributed by atoms with Gasteiger partial charge in [-0.15, -0.1) is 0 Å². The molecule has 7 heteroatoms. The van der Waals surface area contributed by atoms with Crippen LogP contribution >= 0.6 is 0 Å². The Hall–Kier alpha value is -4.39. The summed E-state index contributed by atoms with van der Waals surface area (Å²) in [6, 6.07) is 22.0. The van der Waals surface area contributed by atoms with Crippen molar-refractivity contribution in [3.63, 3.8) is 0 Å². The fraction of sp³-hybridized carbons (Fsp3) is 0.233. The Kier molecular flexibility index (Phi) is 7.03. The van der Waals surface area contributed by atoms with E-state index in [2.05, 4.69) is 69.3 Å². The maximum atomic E-state index is 13.1. The van der Waals surface area contributed by atoms with Crippen LogP contribution in [0.15, 0.2) is 72.9 Å². The van der Waals surface area contributed by atoms with Crippen LogP contribution in [0.3, 0.4) is 0 Å². The molecule has 0 saturated heterocycles. The fourth-order valence-electron chi connectivity index (χ4n) is 4.51. The zero-order valence-corrected chi connectivity index (χ0v) is 21.4. The van der Waals surface area contributed by atoms with Crippen molar-refractivity contribution in [2.45, 2.75) is 46.0 Å². The van der Waals surface area contributed by atoms with Gasteiger partial charge in [-0.1, -0.05) is 44.2 Å². The first-order valence-corrected chi connectivity index (χ1v) is 12.7. The number of para-hydroxylation sites is 1. The molecule has 0 fully saturated rings. The standard InChI is InChI=1S/C30H32N6O/c1-4-19(2)25-10-5-6-11-27(25)35-30(37)34-26-15-14-24-17-22(26)13-12-21-8-7-9-23(16-21)33-29-31-18-20(3)28(32-24)36-29/h5-11,14-19H,4,12-13H2,1-3H3,(H2,34,35,37)(H2,31,32,33,36). The van der Waals surface area contributed by atoms with Crippen LogP contribution in [0, 0.1) is 6.92 Å². The van der Waals surface area contributed by atoms with Crippen molar-refractivity contribution in [2.75, 3.05) is 21.3 Å². The molecule has 1 aromatic heterocycles. The van der Waals surface area contributed by atoms with Gasteiger partial charge < -0.3 is 21.3 Å². The summed E-state index contributed by atoms with van der Waals surface area (Å²) in [7, 11) is 0. The van der Waals surface area contributed by atoms with Crippen molar-refractivity contribution < 1.29 is 4.79 Å². The molecule has 1 aliphatic rings. The van der Waals surface area contributed by atoms with E-state index in [1.54, 1.807) is 6.20 Å². The topological polar surface area (TPSA) is 91.0 Å². The number of rotatable bonds is 4. The maximum absolute atomic E-state index is 13.1. The van der Waals surface area contributed by atoms with Gasteiger partial charge in [0, 0.05) is 34.5 Å². The quantitative estimate of drug-likeness (QED) is 0.236. The lowest BCUT2D eigenvalue weighted by Crippen LogP contribution is -2.21. The number of benzene rings is 3. The van der Waals surface area contributed by atoms with Crippen LogP contribution < -0.4 is 21.3 Å². The van der Waals surface area contributed by atoms with Crippen molar-refractivity contribution >= 4 is 40.5 Å². The molecule has 2 amide bonds. The number of carbonyl (C=O) groups excluding carboxylic acids is 1. The molecule has 1 aliphatic heterocycles. The number of nitrogens with one attached hydrogen (secondary N) is 4. The predicted octanol–water partition coefficient (Wildman–Crippen LogP) is 7.53. The van der Waals surface area contributed by atoms with E-state index in [1.807, 2.05) is 49.4 Å². The molecule has 0 aliphatic carbocycles. The molecular weight excluding hydrogens is 460 g/mol.